The average molecular weight is 356 g/mol. The quantitative estimate of drug-likeness (QED) is 0.280. The molecule has 11 heteroatoms. The Morgan fingerprint density at radius 2 is 1.83 bits per heavy atom. The van der Waals surface area contributed by atoms with Crippen LogP contribution in [0.15, 0.2) is 46.0 Å². The highest BCUT2D eigenvalue weighted by Crippen LogP contribution is 2.32. The second kappa shape index (κ2) is 7.32. The van der Waals surface area contributed by atoms with Crippen LogP contribution in [0.5, 0.6) is 0 Å². The van der Waals surface area contributed by atoms with Crippen molar-refractivity contribution in [2.75, 3.05) is 6.61 Å². The van der Waals surface area contributed by atoms with Crippen LogP contribution >= 0.6 is 0 Å². The molecule has 1 aromatic carbocycles. The van der Waals surface area contributed by atoms with Crippen LogP contribution < -0.4 is 0 Å². The van der Waals surface area contributed by atoms with Crippen LogP contribution in [0.2, 0.25) is 0 Å². The Kier molecular flexibility index (Phi) is 5.93. The third-order valence-electron chi connectivity index (χ3n) is 2.40. The number of nitrogens with zero attached hydrogens (tertiary/aromatic N) is 2. The summed E-state index contributed by atoms with van der Waals surface area (Å²) in [7, 11) is 0. The maximum atomic E-state index is 12.5. The standard InChI is InChI=1S/C13H10F6N2O3/c1-2-24-11(23)9(10(22)13(17,18)19)21-20-8-5-3-4-7(6-8)12(14,15)16/h3-6,22H,2H2,1H3. The zero-order valence-electron chi connectivity index (χ0n) is 11.9. The number of hydrogen-bond donors (Lipinski definition) is 1. The topological polar surface area (TPSA) is 71.2 Å². The lowest BCUT2D eigenvalue weighted by Gasteiger charge is -2.08. The number of aliphatic hydroxyl groups excluding tert-OH is 1. The molecule has 1 aromatic rings. The molecule has 0 spiro atoms. The average Bonchev–Trinajstić information content (AvgIpc) is 2.46. The summed E-state index contributed by atoms with van der Waals surface area (Å²) in [5.74, 6) is -3.99. The number of carbonyl (C=O) groups excluding carboxylic acids is 1. The molecule has 0 unspecified atom stereocenters. The van der Waals surface area contributed by atoms with Crippen molar-refractivity contribution in [1.82, 2.24) is 0 Å². The van der Waals surface area contributed by atoms with Gasteiger partial charge in [0.1, 0.15) is 0 Å². The fourth-order valence-corrected chi connectivity index (χ4v) is 1.37. The predicted octanol–water partition coefficient (Wildman–Crippen LogP) is 4.68. The lowest BCUT2D eigenvalue weighted by molar-refractivity contribution is -0.143. The normalized spacial score (nSPS) is 13.8. The van der Waals surface area contributed by atoms with Crippen molar-refractivity contribution in [2.45, 2.75) is 19.3 Å². The molecule has 5 nitrogen and oxygen atoms in total. The number of aliphatic hydroxyl groups is 1. The van der Waals surface area contributed by atoms with Gasteiger partial charge in [-0.1, -0.05) is 6.07 Å². The van der Waals surface area contributed by atoms with Gasteiger partial charge in [0.15, 0.2) is 0 Å². The van der Waals surface area contributed by atoms with E-state index >= 15 is 0 Å². The van der Waals surface area contributed by atoms with Crippen molar-refractivity contribution in [3.8, 4) is 0 Å². The zero-order valence-corrected chi connectivity index (χ0v) is 11.9. The summed E-state index contributed by atoms with van der Waals surface area (Å²) in [6.45, 7) is 0.983. The molecule has 0 amide bonds. The molecule has 1 rings (SSSR count). The maximum absolute atomic E-state index is 12.5. The highest BCUT2D eigenvalue weighted by atomic mass is 19.4. The van der Waals surface area contributed by atoms with E-state index in [1.807, 2.05) is 0 Å². The minimum Gasteiger partial charge on any atom is -0.502 e. The number of azo groups is 1. The monoisotopic (exact) mass is 356 g/mol. The number of allylic oxidation sites excluding steroid dienone is 1. The number of benzene rings is 1. The molecule has 0 saturated heterocycles. The van der Waals surface area contributed by atoms with Crippen LogP contribution in [0.3, 0.4) is 0 Å². The summed E-state index contributed by atoms with van der Waals surface area (Å²) < 4.78 is 79.3. The van der Waals surface area contributed by atoms with Gasteiger partial charge < -0.3 is 9.84 Å². The summed E-state index contributed by atoms with van der Waals surface area (Å²) in [6, 6.07) is 3.20. The van der Waals surface area contributed by atoms with Crippen LogP contribution in [-0.4, -0.2) is 23.9 Å². The van der Waals surface area contributed by atoms with Gasteiger partial charge in [0.2, 0.25) is 11.5 Å². The predicted molar refractivity (Wildman–Crippen MR) is 68.3 cm³/mol. The van der Waals surface area contributed by atoms with E-state index in [1.54, 1.807) is 0 Å². The number of carbonyl (C=O) groups is 1. The Morgan fingerprint density at radius 1 is 1.21 bits per heavy atom. The molecule has 0 atom stereocenters. The van der Waals surface area contributed by atoms with E-state index in [1.165, 1.54) is 6.92 Å². The molecule has 24 heavy (non-hydrogen) atoms. The van der Waals surface area contributed by atoms with Gasteiger partial charge in [-0.2, -0.15) is 31.5 Å². The van der Waals surface area contributed by atoms with Crippen molar-refractivity contribution in [1.29, 1.82) is 0 Å². The Hall–Kier alpha value is -2.59. The third-order valence-corrected chi connectivity index (χ3v) is 2.40. The number of halogens is 6. The molecule has 0 aliphatic heterocycles. The number of alkyl halides is 6. The Bertz CT molecular complexity index is 664. The number of esters is 1. The summed E-state index contributed by atoms with van der Waals surface area (Å²) >= 11 is 0. The molecular weight excluding hydrogens is 346 g/mol. The largest absolute Gasteiger partial charge is 0.502 e. The zero-order chi connectivity index (χ0) is 18.5. The summed E-state index contributed by atoms with van der Waals surface area (Å²) in [6.07, 6.45) is -10.0. The van der Waals surface area contributed by atoms with E-state index in [9.17, 15) is 31.1 Å². The van der Waals surface area contributed by atoms with Gasteiger partial charge in [-0.05, 0) is 25.1 Å². The first kappa shape index (κ1) is 19.5. The van der Waals surface area contributed by atoms with Gasteiger partial charge in [0.05, 0.1) is 17.9 Å². The number of ether oxygens (including phenoxy) is 1. The molecule has 132 valence electrons. The first-order chi connectivity index (χ1) is 11.0. The molecule has 0 fully saturated rings. The Labute approximate surface area is 131 Å². The van der Waals surface area contributed by atoms with E-state index < -0.39 is 41.0 Å². The van der Waals surface area contributed by atoms with Gasteiger partial charge in [0, 0.05) is 0 Å². The molecular formula is C13H10F6N2O3. The minimum atomic E-state index is -5.31. The van der Waals surface area contributed by atoms with Crippen LogP contribution in [-0.2, 0) is 15.7 Å². The lowest BCUT2D eigenvalue weighted by Crippen LogP contribution is -2.18. The van der Waals surface area contributed by atoms with E-state index in [2.05, 4.69) is 15.0 Å². The lowest BCUT2D eigenvalue weighted by atomic mass is 10.2. The molecule has 0 aromatic heterocycles. The molecule has 0 heterocycles. The first-order valence-corrected chi connectivity index (χ1v) is 6.23. The summed E-state index contributed by atoms with van der Waals surface area (Å²) in [4.78, 5) is 11.4. The fraction of sp³-hybridized carbons (Fsp3) is 0.308. The van der Waals surface area contributed by atoms with Gasteiger partial charge in [0.25, 0.3) is 0 Å². The molecule has 0 aliphatic carbocycles. The van der Waals surface area contributed by atoms with Crippen LogP contribution in [0.4, 0.5) is 32.0 Å². The maximum Gasteiger partial charge on any atom is 0.451 e. The van der Waals surface area contributed by atoms with E-state index in [0.717, 1.165) is 12.1 Å². The van der Waals surface area contributed by atoms with Crippen molar-refractivity contribution < 1.29 is 41.0 Å². The van der Waals surface area contributed by atoms with Gasteiger partial charge in [-0.25, -0.2) is 4.79 Å². The van der Waals surface area contributed by atoms with E-state index in [-0.39, 0.29) is 6.61 Å². The van der Waals surface area contributed by atoms with Crippen LogP contribution in [0.1, 0.15) is 12.5 Å². The van der Waals surface area contributed by atoms with Gasteiger partial charge in [-0.3, -0.25) is 0 Å². The molecule has 0 aliphatic rings. The smallest absolute Gasteiger partial charge is 0.451 e. The molecule has 0 bridgehead atoms. The van der Waals surface area contributed by atoms with E-state index in [4.69, 9.17) is 5.11 Å². The van der Waals surface area contributed by atoms with Crippen LogP contribution in [0.25, 0.3) is 0 Å². The molecule has 0 radical (unpaired) electrons. The molecule has 1 N–H and O–H groups in total. The van der Waals surface area contributed by atoms with Crippen molar-refractivity contribution >= 4 is 11.7 Å². The first-order valence-electron chi connectivity index (χ1n) is 6.23. The van der Waals surface area contributed by atoms with Crippen molar-refractivity contribution in [2.24, 2.45) is 10.2 Å². The summed E-state index contributed by atoms with van der Waals surface area (Å²) in [5.41, 5.74) is -3.15. The van der Waals surface area contributed by atoms with Crippen LogP contribution in [0, 0.1) is 0 Å². The number of hydrogen-bond acceptors (Lipinski definition) is 5. The second-order valence-corrected chi connectivity index (χ2v) is 4.16. The van der Waals surface area contributed by atoms with Crippen molar-refractivity contribution in [3.63, 3.8) is 0 Å². The fourth-order valence-electron chi connectivity index (χ4n) is 1.37. The highest BCUT2D eigenvalue weighted by Gasteiger charge is 2.39. The minimum absolute atomic E-state index is 0.313. The van der Waals surface area contributed by atoms with Gasteiger partial charge in [-0.15, -0.1) is 5.11 Å². The second-order valence-electron chi connectivity index (χ2n) is 4.16. The van der Waals surface area contributed by atoms with Crippen molar-refractivity contribution in [3.05, 3.63) is 41.3 Å². The summed E-state index contributed by atoms with van der Waals surface area (Å²) in [5, 5.41) is 15.0. The molecule has 0 saturated carbocycles. The number of rotatable bonds is 4. The SMILES string of the molecule is CCOC(=O)C(N=Nc1cccc(C(F)(F)F)c1)=C(O)C(F)(F)F. The Morgan fingerprint density at radius 3 is 2.33 bits per heavy atom. The highest BCUT2D eigenvalue weighted by molar-refractivity contribution is 5.88. The third kappa shape index (κ3) is 5.25. The Balaban J connectivity index is 3.25. The van der Waals surface area contributed by atoms with E-state index in [0.29, 0.717) is 12.1 Å². The van der Waals surface area contributed by atoms with Gasteiger partial charge >= 0.3 is 18.3 Å².